The van der Waals surface area contributed by atoms with E-state index in [-0.39, 0.29) is 13.2 Å². The standard InChI is InChI=1S/C24H36N6O6/c1-5-35-23(31)27-17-11-13-19(33-3)29-21(17)25-15-9-7-8-10-16-26-22-18(28-24(32)36-6-2)12-14-20(30-22)34-4/h11-14H,5-10,15-16H2,1-4H3,(H,25,29)(H,26,30)(H,27,31)(H,28,32). The maximum absolute atomic E-state index is 11.8. The quantitative estimate of drug-likeness (QED) is 0.251. The lowest BCUT2D eigenvalue weighted by Gasteiger charge is -2.14. The van der Waals surface area contributed by atoms with Gasteiger partial charge < -0.3 is 29.6 Å². The van der Waals surface area contributed by atoms with Crippen molar-refractivity contribution in [1.82, 2.24) is 9.97 Å². The van der Waals surface area contributed by atoms with Gasteiger partial charge in [-0.2, -0.15) is 9.97 Å². The van der Waals surface area contributed by atoms with Gasteiger partial charge in [0.2, 0.25) is 11.8 Å². The minimum Gasteiger partial charge on any atom is -0.481 e. The van der Waals surface area contributed by atoms with Gasteiger partial charge in [0.1, 0.15) is 0 Å². The fourth-order valence-electron chi connectivity index (χ4n) is 3.15. The molecule has 12 heteroatoms. The molecule has 0 unspecified atom stereocenters. The van der Waals surface area contributed by atoms with Crippen LogP contribution in [0.3, 0.4) is 0 Å². The Labute approximate surface area is 211 Å². The summed E-state index contributed by atoms with van der Waals surface area (Å²) < 4.78 is 20.2. The molecule has 0 saturated carbocycles. The van der Waals surface area contributed by atoms with Crippen molar-refractivity contribution in [2.24, 2.45) is 0 Å². The number of unbranched alkanes of at least 4 members (excludes halogenated alkanes) is 3. The molecule has 36 heavy (non-hydrogen) atoms. The number of ether oxygens (including phenoxy) is 4. The Hall–Kier alpha value is -3.96. The van der Waals surface area contributed by atoms with E-state index in [0.717, 1.165) is 25.7 Å². The van der Waals surface area contributed by atoms with Crippen LogP contribution in [-0.2, 0) is 9.47 Å². The van der Waals surface area contributed by atoms with Crippen LogP contribution >= 0.6 is 0 Å². The molecule has 0 fully saturated rings. The Balaban J connectivity index is 1.77. The van der Waals surface area contributed by atoms with Crippen molar-refractivity contribution in [3.8, 4) is 11.8 Å². The number of rotatable bonds is 15. The SMILES string of the molecule is CCOC(=O)Nc1ccc(OC)nc1NCCCCCCNc1nc(OC)ccc1NC(=O)OCC. The predicted octanol–water partition coefficient (Wildman–Crippen LogP) is 4.72. The number of aromatic nitrogens is 2. The molecular formula is C24H36N6O6. The van der Waals surface area contributed by atoms with Gasteiger partial charge in [-0.05, 0) is 38.8 Å². The Kier molecular flexibility index (Phi) is 12.4. The van der Waals surface area contributed by atoms with Crippen LogP contribution in [0.4, 0.5) is 32.6 Å². The van der Waals surface area contributed by atoms with Crippen molar-refractivity contribution in [2.75, 3.05) is 61.8 Å². The van der Waals surface area contributed by atoms with Gasteiger partial charge in [-0.3, -0.25) is 10.6 Å². The van der Waals surface area contributed by atoms with Gasteiger partial charge in [0.05, 0.1) is 38.8 Å². The Morgan fingerprint density at radius 1 is 0.694 bits per heavy atom. The molecule has 2 amide bonds. The Bertz CT molecular complexity index is 897. The van der Waals surface area contributed by atoms with Crippen molar-refractivity contribution in [3.05, 3.63) is 24.3 Å². The molecule has 0 aromatic carbocycles. The number of methoxy groups -OCH3 is 2. The topological polar surface area (TPSA) is 145 Å². The van der Waals surface area contributed by atoms with Crippen LogP contribution in [0, 0.1) is 0 Å². The van der Waals surface area contributed by atoms with E-state index in [4.69, 9.17) is 18.9 Å². The van der Waals surface area contributed by atoms with Gasteiger partial charge in [-0.25, -0.2) is 9.59 Å². The second-order valence-electron chi connectivity index (χ2n) is 7.46. The molecule has 0 saturated heterocycles. The first-order valence-electron chi connectivity index (χ1n) is 12.0. The lowest BCUT2D eigenvalue weighted by atomic mass is 10.2. The van der Waals surface area contributed by atoms with Gasteiger partial charge >= 0.3 is 12.2 Å². The molecule has 0 aliphatic carbocycles. The van der Waals surface area contributed by atoms with E-state index in [9.17, 15) is 9.59 Å². The molecule has 0 aliphatic rings. The number of hydrogen-bond donors (Lipinski definition) is 4. The smallest absolute Gasteiger partial charge is 0.411 e. The number of amides is 2. The zero-order valence-corrected chi connectivity index (χ0v) is 21.3. The van der Waals surface area contributed by atoms with Crippen LogP contribution in [0.25, 0.3) is 0 Å². The first-order valence-corrected chi connectivity index (χ1v) is 12.0. The average Bonchev–Trinajstić information content (AvgIpc) is 2.87. The molecule has 0 bridgehead atoms. The van der Waals surface area contributed by atoms with Crippen molar-refractivity contribution < 1.29 is 28.5 Å². The molecular weight excluding hydrogens is 468 g/mol. The zero-order valence-electron chi connectivity index (χ0n) is 21.3. The fourth-order valence-corrected chi connectivity index (χ4v) is 3.15. The summed E-state index contributed by atoms with van der Waals surface area (Å²) in [5.41, 5.74) is 1.05. The monoisotopic (exact) mass is 504 g/mol. The van der Waals surface area contributed by atoms with Gasteiger partial charge in [0.25, 0.3) is 0 Å². The number of pyridine rings is 2. The van der Waals surface area contributed by atoms with Crippen LogP contribution < -0.4 is 30.7 Å². The van der Waals surface area contributed by atoms with Crippen molar-refractivity contribution >= 4 is 35.2 Å². The number of anilines is 4. The van der Waals surface area contributed by atoms with Crippen LogP contribution in [0.2, 0.25) is 0 Å². The van der Waals surface area contributed by atoms with Gasteiger partial charge in [-0.1, -0.05) is 12.8 Å². The minimum atomic E-state index is -0.536. The molecule has 0 radical (unpaired) electrons. The normalized spacial score (nSPS) is 10.2. The maximum atomic E-state index is 11.8. The van der Waals surface area contributed by atoms with Gasteiger partial charge in [0, 0.05) is 25.2 Å². The van der Waals surface area contributed by atoms with E-state index in [1.165, 1.54) is 14.2 Å². The number of carbonyl (C=O) groups is 2. The zero-order chi connectivity index (χ0) is 26.2. The summed E-state index contributed by atoms with van der Waals surface area (Å²) in [5, 5.41) is 11.9. The maximum Gasteiger partial charge on any atom is 0.411 e. The third-order valence-electron chi connectivity index (χ3n) is 4.87. The summed E-state index contributed by atoms with van der Waals surface area (Å²) in [4.78, 5) is 32.3. The summed E-state index contributed by atoms with van der Waals surface area (Å²) in [6.07, 6.45) is 2.71. The van der Waals surface area contributed by atoms with Crippen molar-refractivity contribution in [1.29, 1.82) is 0 Å². The number of hydrogen-bond acceptors (Lipinski definition) is 10. The third-order valence-corrected chi connectivity index (χ3v) is 4.87. The molecule has 198 valence electrons. The predicted molar refractivity (Wildman–Crippen MR) is 138 cm³/mol. The van der Waals surface area contributed by atoms with Crippen LogP contribution in [0.15, 0.2) is 24.3 Å². The summed E-state index contributed by atoms with van der Waals surface area (Å²) in [6.45, 7) is 5.40. The molecule has 2 aromatic heterocycles. The van der Waals surface area contributed by atoms with Crippen LogP contribution in [-0.4, -0.2) is 62.7 Å². The van der Waals surface area contributed by atoms with E-state index < -0.39 is 12.2 Å². The average molecular weight is 505 g/mol. The third kappa shape index (κ3) is 9.72. The first-order chi connectivity index (χ1) is 17.5. The summed E-state index contributed by atoms with van der Waals surface area (Å²) in [6, 6.07) is 6.78. The summed E-state index contributed by atoms with van der Waals surface area (Å²) in [7, 11) is 3.07. The van der Waals surface area contributed by atoms with Gasteiger partial charge in [-0.15, -0.1) is 0 Å². The Morgan fingerprint density at radius 2 is 1.11 bits per heavy atom. The highest BCUT2D eigenvalue weighted by Gasteiger charge is 2.11. The molecule has 2 rings (SSSR count). The van der Waals surface area contributed by atoms with E-state index in [2.05, 4.69) is 31.2 Å². The highest BCUT2D eigenvalue weighted by atomic mass is 16.6. The lowest BCUT2D eigenvalue weighted by Crippen LogP contribution is -2.16. The highest BCUT2D eigenvalue weighted by Crippen LogP contribution is 2.24. The van der Waals surface area contributed by atoms with Gasteiger partial charge in [0.15, 0.2) is 11.6 Å². The Morgan fingerprint density at radius 3 is 1.47 bits per heavy atom. The lowest BCUT2D eigenvalue weighted by molar-refractivity contribution is 0.167. The molecule has 0 aliphatic heterocycles. The summed E-state index contributed by atoms with van der Waals surface area (Å²) in [5.74, 6) is 1.94. The molecule has 2 heterocycles. The number of carbonyl (C=O) groups excluding carboxylic acids is 2. The fraction of sp³-hybridized carbons (Fsp3) is 0.500. The second-order valence-corrected chi connectivity index (χ2v) is 7.46. The van der Waals surface area contributed by atoms with Crippen LogP contribution in [0.5, 0.6) is 11.8 Å². The summed E-state index contributed by atoms with van der Waals surface area (Å²) >= 11 is 0. The highest BCUT2D eigenvalue weighted by molar-refractivity contribution is 5.89. The minimum absolute atomic E-state index is 0.282. The molecule has 12 nitrogen and oxygen atoms in total. The molecule has 0 spiro atoms. The molecule has 2 aromatic rings. The number of nitrogens with zero attached hydrogens (tertiary/aromatic N) is 2. The number of nitrogens with one attached hydrogen (secondary N) is 4. The van der Waals surface area contributed by atoms with E-state index >= 15 is 0 Å². The van der Waals surface area contributed by atoms with E-state index in [0.29, 0.717) is 47.9 Å². The van der Waals surface area contributed by atoms with Crippen molar-refractivity contribution in [3.63, 3.8) is 0 Å². The molecule has 0 atom stereocenters. The van der Waals surface area contributed by atoms with Crippen molar-refractivity contribution in [2.45, 2.75) is 39.5 Å². The van der Waals surface area contributed by atoms with E-state index in [1.54, 1.807) is 38.1 Å². The second kappa shape index (κ2) is 15.8. The van der Waals surface area contributed by atoms with E-state index in [1.807, 2.05) is 0 Å². The van der Waals surface area contributed by atoms with Crippen LogP contribution in [0.1, 0.15) is 39.5 Å². The first kappa shape index (κ1) is 28.3. The largest absolute Gasteiger partial charge is 0.481 e. The molecule has 4 N–H and O–H groups in total.